The number of allylic oxidation sites excluding steroid dienone is 1. The molecule has 0 spiro atoms. The molecule has 4 rings (SSSR count). The van der Waals surface area contributed by atoms with Gasteiger partial charge in [-0.1, -0.05) is 85.8 Å². The molecule has 0 unspecified atom stereocenters. The Labute approximate surface area is 215 Å². The topological polar surface area (TPSA) is 21.7 Å². The number of hydrogen-bond acceptors (Lipinski definition) is 3. The van der Waals surface area contributed by atoms with Gasteiger partial charge in [0.1, 0.15) is 18.1 Å². The molecule has 0 N–H and O–H groups in total. The van der Waals surface area contributed by atoms with Gasteiger partial charge < -0.3 is 14.4 Å². The fourth-order valence-electron chi connectivity index (χ4n) is 4.45. The molecule has 0 saturated heterocycles. The molecular weight excluding hydrogens is 442 g/mol. The van der Waals surface area contributed by atoms with Crippen LogP contribution in [0.4, 0.5) is 0 Å². The highest BCUT2D eigenvalue weighted by Gasteiger charge is 2.16. The minimum atomic E-state index is 0.620. The van der Waals surface area contributed by atoms with Crippen molar-refractivity contribution in [1.82, 2.24) is 4.90 Å². The van der Waals surface area contributed by atoms with Crippen LogP contribution in [-0.4, -0.2) is 39.3 Å². The van der Waals surface area contributed by atoms with Crippen LogP contribution in [0.2, 0.25) is 0 Å². The van der Waals surface area contributed by atoms with Gasteiger partial charge in [-0.05, 0) is 78.2 Å². The first kappa shape index (κ1) is 25.3. The van der Waals surface area contributed by atoms with Crippen LogP contribution in [0, 0.1) is 0 Å². The summed E-state index contributed by atoms with van der Waals surface area (Å²) in [4.78, 5) is 2.13. The van der Waals surface area contributed by atoms with Gasteiger partial charge in [0.2, 0.25) is 0 Å². The second kappa shape index (κ2) is 12.2. The van der Waals surface area contributed by atoms with Crippen molar-refractivity contribution in [3.05, 3.63) is 120 Å². The number of benzene rings is 4. The first-order valence-corrected chi connectivity index (χ1v) is 12.5. The average Bonchev–Trinajstić information content (AvgIpc) is 2.92. The van der Waals surface area contributed by atoms with E-state index in [1.54, 1.807) is 7.11 Å². The van der Waals surface area contributed by atoms with Crippen molar-refractivity contribution < 1.29 is 9.47 Å². The maximum atomic E-state index is 6.29. The molecule has 3 nitrogen and oxygen atoms in total. The van der Waals surface area contributed by atoms with Crippen molar-refractivity contribution in [1.29, 1.82) is 0 Å². The molecule has 36 heavy (non-hydrogen) atoms. The van der Waals surface area contributed by atoms with Gasteiger partial charge in [0.05, 0.1) is 7.11 Å². The number of likely N-dealkylation sites (N-methyl/N-ethyl adjacent to an activating group) is 1. The fraction of sp³-hybridized carbons (Fsp3) is 0.212. The second-order valence-electron chi connectivity index (χ2n) is 9.03. The maximum absolute atomic E-state index is 6.29. The van der Waals surface area contributed by atoms with E-state index in [0.29, 0.717) is 6.61 Å². The molecular formula is C33H35NO2. The van der Waals surface area contributed by atoms with Crippen LogP contribution < -0.4 is 9.47 Å². The fourth-order valence-corrected chi connectivity index (χ4v) is 4.45. The van der Waals surface area contributed by atoms with Crippen molar-refractivity contribution in [2.24, 2.45) is 0 Å². The third-order valence-electron chi connectivity index (χ3n) is 6.29. The lowest BCUT2D eigenvalue weighted by Gasteiger charge is -2.19. The van der Waals surface area contributed by atoms with E-state index in [4.69, 9.17) is 9.47 Å². The molecule has 0 heterocycles. The highest BCUT2D eigenvalue weighted by atomic mass is 16.5. The summed E-state index contributed by atoms with van der Waals surface area (Å²) in [6.45, 7) is 3.70. The van der Waals surface area contributed by atoms with Crippen LogP contribution in [0.1, 0.15) is 30.0 Å². The summed E-state index contributed by atoms with van der Waals surface area (Å²) in [6.07, 6.45) is 0.920. The quantitative estimate of drug-likeness (QED) is 0.219. The molecule has 0 aliphatic heterocycles. The molecule has 0 aromatic heterocycles. The van der Waals surface area contributed by atoms with E-state index in [9.17, 15) is 0 Å². The largest absolute Gasteiger partial charge is 0.497 e. The summed E-state index contributed by atoms with van der Waals surface area (Å²) in [7, 11) is 5.82. The first-order valence-electron chi connectivity index (χ1n) is 12.5. The highest BCUT2D eigenvalue weighted by Crippen LogP contribution is 2.39. The van der Waals surface area contributed by atoms with E-state index in [1.807, 2.05) is 12.1 Å². The second-order valence-corrected chi connectivity index (χ2v) is 9.03. The molecule has 0 fully saturated rings. The van der Waals surface area contributed by atoms with Gasteiger partial charge in [-0.3, -0.25) is 0 Å². The van der Waals surface area contributed by atoms with E-state index < -0.39 is 0 Å². The molecule has 0 atom stereocenters. The highest BCUT2D eigenvalue weighted by molar-refractivity contribution is 5.99. The zero-order chi connectivity index (χ0) is 25.3. The molecule has 184 valence electrons. The van der Waals surface area contributed by atoms with Crippen LogP contribution >= 0.6 is 0 Å². The van der Waals surface area contributed by atoms with Crippen molar-refractivity contribution in [2.45, 2.75) is 13.3 Å². The van der Waals surface area contributed by atoms with Gasteiger partial charge in [0.15, 0.2) is 0 Å². The maximum Gasteiger partial charge on any atom is 0.127 e. The van der Waals surface area contributed by atoms with Crippen molar-refractivity contribution in [3.8, 4) is 22.6 Å². The summed E-state index contributed by atoms with van der Waals surface area (Å²) in [6, 6.07) is 36.1. The normalized spacial score (nSPS) is 11.8. The van der Waals surface area contributed by atoms with Crippen molar-refractivity contribution in [2.75, 3.05) is 34.4 Å². The first-order chi connectivity index (χ1) is 17.6. The van der Waals surface area contributed by atoms with Crippen molar-refractivity contribution in [3.63, 3.8) is 0 Å². The lowest BCUT2D eigenvalue weighted by Crippen LogP contribution is -2.19. The van der Waals surface area contributed by atoms with E-state index in [0.717, 1.165) is 35.6 Å². The van der Waals surface area contributed by atoms with Crippen LogP contribution in [0.3, 0.4) is 0 Å². The minimum absolute atomic E-state index is 0.620. The lowest BCUT2D eigenvalue weighted by molar-refractivity contribution is 0.262. The Morgan fingerprint density at radius 2 is 1.42 bits per heavy atom. The van der Waals surface area contributed by atoms with Crippen LogP contribution in [0.25, 0.3) is 22.3 Å². The summed E-state index contributed by atoms with van der Waals surface area (Å²) in [5.41, 5.74) is 8.31. The molecule has 0 aliphatic rings. The number of methoxy groups -OCH3 is 1. The summed E-state index contributed by atoms with van der Waals surface area (Å²) in [5, 5.41) is 0. The summed E-state index contributed by atoms with van der Waals surface area (Å²) in [5.74, 6) is 1.70. The summed E-state index contributed by atoms with van der Waals surface area (Å²) >= 11 is 0. The molecule has 0 saturated carbocycles. The smallest absolute Gasteiger partial charge is 0.127 e. The van der Waals surface area contributed by atoms with E-state index in [2.05, 4.69) is 117 Å². The number of nitrogens with zero attached hydrogens (tertiary/aromatic N) is 1. The number of ether oxygens (including phenoxy) is 2. The Hall–Kier alpha value is -3.82. The molecule has 0 aliphatic carbocycles. The Morgan fingerprint density at radius 1 is 0.722 bits per heavy atom. The molecule has 3 heteroatoms. The van der Waals surface area contributed by atoms with Gasteiger partial charge in [0, 0.05) is 12.1 Å². The molecule has 0 amide bonds. The zero-order valence-corrected chi connectivity index (χ0v) is 21.7. The van der Waals surface area contributed by atoms with E-state index >= 15 is 0 Å². The predicted octanol–water partition coefficient (Wildman–Crippen LogP) is 7.67. The van der Waals surface area contributed by atoms with Gasteiger partial charge in [-0.25, -0.2) is 0 Å². The van der Waals surface area contributed by atoms with Crippen molar-refractivity contribution >= 4 is 11.1 Å². The lowest BCUT2D eigenvalue weighted by atomic mass is 9.87. The summed E-state index contributed by atoms with van der Waals surface area (Å²) < 4.78 is 11.8. The monoisotopic (exact) mass is 477 g/mol. The number of rotatable bonds is 10. The third kappa shape index (κ3) is 6.05. The third-order valence-corrected chi connectivity index (χ3v) is 6.29. The van der Waals surface area contributed by atoms with Gasteiger partial charge in [0.25, 0.3) is 0 Å². The Balaban J connectivity index is 1.91. The van der Waals surface area contributed by atoms with Crippen LogP contribution in [-0.2, 0) is 0 Å². The van der Waals surface area contributed by atoms with Crippen LogP contribution in [0.15, 0.2) is 103 Å². The molecule has 4 aromatic rings. The van der Waals surface area contributed by atoms with Gasteiger partial charge >= 0.3 is 0 Å². The van der Waals surface area contributed by atoms with E-state index in [-0.39, 0.29) is 0 Å². The molecule has 0 bridgehead atoms. The average molecular weight is 478 g/mol. The zero-order valence-electron chi connectivity index (χ0n) is 21.7. The standard InChI is InChI=1S/C33H35NO2/c1-5-30(25-13-8-6-9-14-25)33(26-15-10-7-11-16-26)28-19-20-32(36-22-21-34(2)3)31(24-28)27-17-12-18-29(23-27)35-4/h6-20,23-24H,5,21-22H2,1-4H3/b33-30-. The van der Waals surface area contributed by atoms with E-state index in [1.165, 1.54) is 27.8 Å². The molecule has 4 aromatic carbocycles. The SMILES string of the molecule is CC/C(=C(\c1ccccc1)c1ccc(OCCN(C)C)c(-c2cccc(OC)c2)c1)c1ccccc1. The minimum Gasteiger partial charge on any atom is -0.497 e. The molecule has 0 radical (unpaired) electrons. The predicted molar refractivity (Wildman–Crippen MR) is 152 cm³/mol. The number of hydrogen-bond donors (Lipinski definition) is 0. The Kier molecular flexibility index (Phi) is 8.59. The van der Waals surface area contributed by atoms with Gasteiger partial charge in [-0.15, -0.1) is 0 Å². The Bertz CT molecular complexity index is 1290. The van der Waals surface area contributed by atoms with Crippen LogP contribution in [0.5, 0.6) is 11.5 Å². The van der Waals surface area contributed by atoms with Gasteiger partial charge in [-0.2, -0.15) is 0 Å². The Morgan fingerprint density at radius 3 is 2.06 bits per heavy atom.